The molecular weight excluding hydrogens is 581 g/mol. The Morgan fingerprint density at radius 1 is 1.21 bits per heavy atom. The fraction of sp³-hybridized carbons (Fsp3) is 0.419. The van der Waals surface area contributed by atoms with Gasteiger partial charge in [-0.1, -0.05) is 67.7 Å². The molecule has 2 N–H and O–H groups in total. The summed E-state index contributed by atoms with van der Waals surface area (Å²) in [5.41, 5.74) is 1.15. The lowest BCUT2D eigenvalue weighted by Gasteiger charge is -2.16. The first kappa shape index (κ1) is 35.4. The van der Waals surface area contributed by atoms with E-state index in [1.54, 1.807) is 32.2 Å². The standard InChI is InChI=1S/C31H39F3N4O4S/c1-6-9-10-13-23(24(16-20(4)5)27-25(32)14-11-15-26(27)42-29(33)34)28(40)36-30-37-38-31(43-30)41-19-22(8-3)35-17-21(18-39)12-7-2/h8,10-11,13-17,21,29,39H,6-7,9,12,18-19H2,1-5H3,(H,36,37,40)/b13-10+,22-8-,24-23-,35-17?. The molecule has 0 saturated carbocycles. The Bertz CT molecular complexity index is 1350. The Balaban J connectivity index is 2.40. The minimum absolute atomic E-state index is 0.00547. The number of allylic oxidation sites excluding steroid dienone is 5. The van der Waals surface area contributed by atoms with Gasteiger partial charge in [-0.05, 0) is 57.1 Å². The zero-order chi connectivity index (χ0) is 31.8. The van der Waals surface area contributed by atoms with E-state index in [9.17, 15) is 18.7 Å². The highest BCUT2D eigenvalue weighted by Crippen LogP contribution is 2.35. The number of benzene rings is 1. The molecular formula is C31H39F3N4O4S. The van der Waals surface area contributed by atoms with Crippen LogP contribution >= 0.6 is 11.3 Å². The van der Waals surface area contributed by atoms with Crippen LogP contribution in [0.15, 0.2) is 64.3 Å². The monoisotopic (exact) mass is 620 g/mol. The average molecular weight is 621 g/mol. The summed E-state index contributed by atoms with van der Waals surface area (Å²) in [4.78, 5) is 18.0. The fourth-order valence-corrected chi connectivity index (χ4v) is 4.38. The molecule has 0 bridgehead atoms. The fourth-order valence-electron chi connectivity index (χ4n) is 3.79. The molecule has 0 aliphatic carbocycles. The number of halogens is 3. The summed E-state index contributed by atoms with van der Waals surface area (Å²) in [5.74, 6) is -1.92. The molecule has 1 aromatic heterocycles. The van der Waals surface area contributed by atoms with Gasteiger partial charge in [-0.3, -0.25) is 15.1 Å². The quantitative estimate of drug-likeness (QED) is 0.106. The second-order valence-corrected chi connectivity index (χ2v) is 10.6. The molecule has 43 heavy (non-hydrogen) atoms. The molecule has 1 unspecified atom stereocenters. The van der Waals surface area contributed by atoms with E-state index in [1.165, 1.54) is 24.3 Å². The minimum atomic E-state index is -3.19. The molecule has 1 atom stereocenters. The number of aliphatic hydroxyl groups excluding tert-OH is 1. The Morgan fingerprint density at radius 2 is 1.98 bits per heavy atom. The number of ether oxygens (including phenoxy) is 2. The molecule has 2 rings (SSSR count). The number of carbonyl (C=O) groups excluding carboxylic acids is 1. The SMILES string of the molecule is C/C=C(/COc1nnc(NC(=O)C(/C=C/CCC)=C(/C=C(C)C)c2c(F)cccc2OC(F)F)s1)N=CC(CO)CCC. The third-order valence-corrected chi connectivity index (χ3v) is 6.57. The Kier molecular flexibility index (Phi) is 15.4. The molecule has 0 aliphatic rings. The van der Waals surface area contributed by atoms with Crippen molar-refractivity contribution in [2.24, 2.45) is 10.9 Å². The maximum atomic E-state index is 15.2. The maximum Gasteiger partial charge on any atom is 0.387 e. The summed E-state index contributed by atoms with van der Waals surface area (Å²) in [6, 6.07) is 3.59. The Hall–Kier alpha value is -3.77. The van der Waals surface area contributed by atoms with Crippen molar-refractivity contribution in [3.63, 3.8) is 0 Å². The lowest BCUT2D eigenvalue weighted by atomic mass is 9.95. The molecule has 0 spiro atoms. The number of unbranched alkanes of at least 4 members (excludes halogenated alkanes) is 1. The lowest BCUT2D eigenvalue weighted by Crippen LogP contribution is -2.15. The largest absolute Gasteiger partial charge is 0.462 e. The zero-order valence-corrected chi connectivity index (χ0v) is 25.9. The van der Waals surface area contributed by atoms with Gasteiger partial charge in [0.15, 0.2) is 0 Å². The van der Waals surface area contributed by atoms with E-state index in [4.69, 9.17) is 4.74 Å². The summed E-state index contributed by atoms with van der Waals surface area (Å²) < 4.78 is 51.9. The number of alkyl halides is 2. The number of aliphatic imine (C=N–C) groups is 1. The number of hydrogen-bond acceptors (Lipinski definition) is 8. The van der Waals surface area contributed by atoms with E-state index in [0.29, 0.717) is 17.7 Å². The predicted molar refractivity (Wildman–Crippen MR) is 165 cm³/mol. The first-order valence-corrected chi connectivity index (χ1v) is 14.8. The van der Waals surface area contributed by atoms with Crippen molar-refractivity contribution in [3.8, 4) is 10.9 Å². The van der Waals surface area contributed by atoms with Gasteiger partial charge in [-0.25, -0.2) is 4.39 Å². The van der Waals surface area contributed by atoms with E-state index in [0.717, 1.165) is 36.7 Å². The molecule has 0 fully saturated rings. The number of carbonyl (C=O) groups is 1. The molecule has 0 saturated heterocycles. The van der Waals surface area contributed by atoms with Crippen molar-refractivity contribution in [3.05, 3.63) is 70.7 Å². The third kappa shape index (κ3) is 11.8. The minimum Gasteiger partial charge on any atom is -0.462 e. The van der Waals surface area contributed by atoms with Crippen LogP contribution in [0.4, 0.5) is 18.3 Å². The molecule has 0 aliphatic heterocycles. The molecule has 1 aromatic carbocycles. The highest BCUT2D eigenvalue weighted by molar-refractivity contribution is 7.17. The number of aromatic nitrogens is 2. The van der Waals surface area contributed by atoms with Gasteiger partial charge in [-0.2, -0.15) is 8.78 Å². The highest BCUT2D eigenvalue weighted by atomic mass is 32.1. The lowest BCUT2D eigenvalue weighted by molar-refractivity contribution is -0.112. The molecule has 8 nitrogen and oxygen atoms in total. The van der Waals surface area contributed by atoms with Gasteiger partial charge in [0.2, 0.25) is 5.13 Å². The van der Waals surface area contributed by atoms with E-state index in [-0.39, 0.29) is 46.2 Å². The van der Waals surface area contributed by atoms with Crippen LogP contribution < -0.4 is 14.8 Å². The number of amides is 1. The first-order valence-electron chi connectivity index (χ1n) is 14.0. The second-order valence-electron chi connectivity index (χ2n) is 9.64. The van der Waals surface area contributed by atoms with Crippen LogP contribution in [0.2, 0.25) is 0 Å². The molecule has 234 valence electrons. The van der Waals surface area contributed by atoms with Crippen LogP contribution in [-0.4, -0.2) is 47.3 Å². The van der Waals surface area contributed by atoms with Crippen molar-refractivity contribution in [2.75, 3.05) is 18.5 Å². The van der Waals surface area contributed by atoms with Crippen molar-refractivity contribution in [2.45, 2.75) is 66.9 Å². The van der Waals surface area contributed by atoms with Crippen LogP contribution in [-0.2, 0) is 4.79 Å². The van der Waals surface area contributed by atoms with Gasteiger partial charge in [-0.15, -0.1) is 5.10 Å². The van der Waals surface area contributed by atoms with Crippen LogP contribution in [0.25, 0.3) is 5.57 Å². The van der Waals surface area contributed by atoms with Gasteiger partial charge in [0.25, 0.3) is 11.1 Å². The zero-order valence-electron chi connectivity index (χ0n) is 25.1. The van der Waals surface area contributed by atoms with E-state index in [1.807, 2.05) is 20.8 Å². The normalized spacial score (nSPS) is 13.4. The summed E-state index contributed by atoms with van der Waals surface area (Å²) in [5, 5.41) is 20.4. The van der Waals surface area contributed by atoms with Crippen LogP contribution in [0.5, 0.6) is 10.9 Å². The van der Waals surface area contributed by atoms with Gasteiger partial charge in [0.05, 0.1) is 17.9 Å². The van der Waals surface area contributed by atoms with Crippen molar-refractivity contribution in [1.82, 2.24) is 10.2 Å². The number of aliphatic hydroxyl groups is 1. The number of hydrogen-bond donors (Lipinski definition) is 2. The summed E-state index contributed by atoms with van der Waals surface area (Å²) in [7, 11) is 0. The van der Waals surface area contributed by atoms with Crippen LogP contribution in [0.3, 0.4) is 0 Å². The number of nitrogens with zero attached hydrogens (tertiary/aromatic N) is 3. The van der Waals surface area contributed by atoms with Gasteiger partial charge < -0.3 is 14.6 Å². The third-order valence-electron chi connectivity index (χ3n) is 5.82. The Labute approximate surface area is 254 Å². The first-order chi connectivity index (χ1) is 20.6. The molecule has 12 heteroatoms. The van der Waals surface area contributed by atoms with E-state index < -0.39 is 24.1 Å². The van der Waals surface area contributed by atoms with Crippen molar-refractivity contribution in [1.29, 1.82) is 0 Å². The molecule has 2 aromatic rings. The van der Waals surface area contributed by atoms with E-state index in [2.05, 4.69) is 25.2 Å². The maximum absolute atomic E-state index is 15.2. The second kappa shape index (κ2) is 18.7. The number of rotatable bonds is 17. The van der Waals surface area contributed by atoms with Crippen LogP contribution in [0, 0.1) is 11.7 Å². The van der Waals surface area contributed by atoms with Gasteiger partial charge in [0.1, 0.15) is 18.2 Å². The summed E-state index contributed by atoms with van der Waals surface area (Å²) in [6.07, 6.45) is 11.4. The van der Waals surface area contributed by atoms with Gasteiger partial charge >= 0.3 is 6.61 Å². The summed E-state index contributed by atoms with van der Waals surface area (Å²) in [6.45, 7) is 6.19. The topological polar surface area (TPSA) is 106 Å². The molecule has 1 amide bonds. The van der Waals surface area contributed by atoms with E-state index >= 15 is 4.39 Å². The van der Waals surface area contributed by atoms with Gasteiger partial charge in [0, 0.05) is 23.3 Å². The highest BCUT2D eigenvalue weighted by Gasteiger charge is 2.23. The number of anilines is 1. The van der Waals surface area contributed by atoms with Crippen LogP contribution in [0.1, 0.15) is 65.9 Å². The van der Waals surface area contributed by atoms with Crippen molar-refractivity contribution >= 4 is 34.2 Å². The summed E-state index contributed by atoms with van der Waals surface area (Å²) >= 11 is 0.977. The predicted octanol–water partition coefficient (Wildman–Crippen LogP) is 7.76. The van der Waals surface area contributed by atoms with Crippen molar-refractivity contribution < 1.29 is 32.5 Å². The Morgan fingerprint density at radius 3 is 2.60 bits per heavy atom. The number of nitrogens with one attached hydrogen (secondary N) is 1. The molecule has 0 radical (unpaired) electrons. The molecule has 1 heterocycles. The smallest absolute Gasteiger partial charge is 0.387 e. The average Bonchev–Trinajstić information content (AvgIpc) is 3.40.